The molecule has 0 aliphatic heterocycles. The average molecular weight is 224 g/mol. The Balaban J connectivity index is 2.08. The Kier molecular flexibility index (Phi) is 3.41. The molecule has 1 aliphatic rings. The number of hydrogen-bond donors (Lipinski definition) is 0. The molecule has 2 rings (SSSR count). The van der Waals surface area contributed by atoms with E-state index in [1.807, 2.05) is 0 Å². The molecular formula is C12H13FOS. The number of carbonyl (C=O) groups excluding carboxylic acids is 1. The first-order valence-electron chi connectivity index (χ1n) is 5.21. The van der Waals surface area contributed by atoms with Crippen LogP contribution in [0.1, 0.15) is 25.7 Å². The van der Waals surface area contributed by atoms with Crippen molar-refractivity contribution in [2.45, 2.75) is 35.8 Å². The second-order valence-electron chi connectivity index (χ2n) is 3.75. The summed E-state index contributed by atoms with van der Waals surface area (Å²) in [6.07, 6.45) is 3.62. The molecule has 1 unspecified atom stereocenters. The van der Waals surface area contributed by atoms with Gasteiger partial charge in [-0.25, -0.2) is 4.39 Å². The fourth-order valence-corrected chi connectivity index (χ4v) is 2.95. The lowest BCUT2D eigenvalue weighted by Gasteiger charge is -2.19. The molecule has 1 aliphatic carbocycles. The maximum absolute atomic E-state index is 13.3. The number of rotatable bonds is 2. The summed E-state index contributed by atoms with van der Waals surface area (Å²) < 4.78 is 13.3. The third kappa shape index (κ3) is 2.59. The molecule has 1 aromatic rings. The first kappa shape index (κ1) is 10.7. The molecule has 15 heavy (non-hydrogen) atoms. The van der Waals surface area contributed by atoms with Crippen LogP contribution in [0.2, 0.25) is 0 Å². The number of hydrogen-bond acceptors (Lipinski definition) is 2. The van der Waals surface area contributed by atoms with Crippen molar-refractivity contribution in [2.24, 2.45) is 0 Å². The summed E-state index contributed by atoms with van der Waals surface area (Å²) in [6, 6.07) is 6.65. The first-order chi connectivity index (χ1) is 7.27. The molecular weight excluding hydrogens is 211 g/mol. The molecule has 0 heterocycles. The number of thioether (sulfide) groups is 1. The topological polar surface area (TPSA) is 17.1 Å². The van der Waals surface area contributed by atoms with Crippen molar-refractivity contribution in [3.8, 4) is 0 Å². The monoisotopic (exact) mass is 224 g/mol. The van der Waals surface area contributed by atoms with E-state index >= 15 is 0 Å². The predicted octanol–water partition coefficient (Wildman–Crippen LogP) is 3.43. The summed E-state index contributed by atoms with van der Waals surface area (Å²) in [6.45, 7) is 0. The van der Waals surface area contributed by atoms with E-state index in [1.54, 1.807) is 18.2 Å². The van der Waals surface area contributed by atoms with Crippen LogP contribution in [0.25, 0.3) is 0 Å². The highest BCUT2D eigenvalue weighted by molar-refractivity contribution is 8.00. The van der Waals surface area contributed by atoms with E-state index in [2.05, 4.69) is 0 Å². The van der Waals surface area contributed by atoms with Crippen LogP contribution in [0.15, 0.2) is 29.2 Å². The average Bonchev–Trinajstić information content (AvgIpc) is 2.24. The van der Waals surface area contributed by atoms with Crippen molar-refractivity contribution in [3.63, 3.8) is 0 Å². The minimum atomic E-state index is -0.221. The van der Waals surface area contributed by atoms with Gasteiger partial charge in [-0.2, -0.15) is 0 Å². The van der Waals surface area contributed by atoms with Crippen LogP contribution in [-0.2, 0) is 4.79 Å². The Morgan fingerprint density at radius 2 is 2.07 bits per heavy atom. The maximum Gasteiger partial charge on any atom is 0.146 e. The lowest BCUT2D eigenvalue weighted by Crippen LogP contribution is -2.21. The van der Waals surface area contributed by atoms with Gasteiger partial charge in [0.2, 0.25) is 0 Å². The van der Waals surface area contributed by atoms with Crippen LogP contribution in [-0.4, -0.2) is 11.0 Å². The normalized spacial score (nSPS) is 21.7. The third-order valence-electron chi connectivity index (χ3n) is 2.60. The zero-order valence-corrected chi connectivity index (χ0v) is 9.23. The minimum Gasteiger partial charge on any atom is -0.298 e. The molecule has 1 fully saturated rings. The molecule has 1 nitrogen and oxygen atoms in total. The van der Waals surface area contributed by atoms with E-state index in [0.717, 1.165) is 19.3 Å². The highest BCUT2D eigenvalue weighted by Gasteiger charge is 2.23. The van der Waals surface area contributed by atoms with Crippen LogP contribution >= 0.6 is 11.8 Å². The third-order valence-corrected chi connectivity index (χ3v) is 3.97. The van der Waals surface area contributed by atoms with Gasteiger partial charge in [0.1, 0.15) is 11.6 Å². The van der Waals surface area contributed by atoms with Crippen LogP contribution in [0.5, 0.6) is 0 Å². The molecule has 1 aromatic carbocycles. The molecule has 0 N–H and O–H groups in total. The molecule has 0 radical (unpaired) electrons. The highest BCUT2D eigenvalue weighted by atomic mass is 32.2. The Labute approximate surface area is 93.1 Å². The van der Waals surface area contributed by atoms with Gasteiger partial charge in [-0.15, -0.1) is 11.8 Å². The largest absolute Gasteiger partial charge is 0.298 e. The van der Waals surface area contributed by atoms with Crippen LogP contribution < -0.4 is 0 Å². The minimum absolute atomic E-state index is 0.0318. The molecule has 0 amide bonds. The van der Waals surface area contributed by atoms with Gasteiger partial charge >= 0.3 is 0 Å². The summed E-state index contributed by atoms with van der Waals surface area (Å²) in [7, 11) is 0. The van der Waals surface area contributed by atoms with E-state index in [-0.39, 0.29) is 16.9 Å². The fourth-order valence-electron chi connectivity index (χ4n) is 1.77. The molecule has 1 atom stereocenters. The molecule has 3 heteroatoms. The van der Waals surface area contributed by atoms with Crippen molar-refractivity contribution in [2.75, 3.05) is 0 Å². The van der Waals surface area contributed by atoms with Crippen molar-refractivity contribution in [3.05, 3.63) is 30.1 Å². The SMILES string of the molecule is O=C1CCCCC1Sc1ccccc1F. The maximum atomic E-state index is 13.3. The molecule has 80 valence electrons. The summed E-state index contributed by atoms with van der Waals surface area (Å²) in [4.78, 5) is 12.2. The highest BCUT2D eigenvalue weighted by Crippen LogP contribution is 2.32. The van der Waals surface area contributed by atoms with Gasteiger partial charge in [0.15, 0.2) is 0 Å². The Morgan fingerprint density at radius 1 is 1.27 bits per heavy atom. The fraction of sp³-hybridized carbons (Fsp3) is 0.417. The van der Waals surface area contributed by atoms with Crippen LogP contribution in [0, 0.1) is 5.82 Å². The van der Waals surface area contributed by atoms with Crippen LogP contribution in [0.4, 0.5) is 4.39 Å². The molecule has 0 bridgehead atoms. The van der Waals surface area contributed by atoms with E-state index in [4.69, 9.17) is 0 Å². The number of benzene rings is 1. The van der Waals surface area contributed by atoms with Gasteiger partial charge in [-0.3, -0.25) is 4.79 Å². The van der Waals surface area contributed by atoms with Gasteiger partial charge in [0.25, 0.3) is 0 Å². The number of Topliss-reactive ketones (excluding diaryl/α,β-unsaturated/α-hetero) is 1. The summed E-state index contributed by atoms with van der Waals surface area (Å²) in [5, 5.41) is -0.0318. The number of halogens is 1. The summed E-state index contributed by atoms with van der Waals surface area (Å²) in [5.74, 6) is 0.0513. The lowest BCUT2D eigenvalue weighted by molar-refractivity contribution is -0.119. The smallest absolute Gasteiger partial charge is 0.146 e. The van der Waals surface area contributed by atoms with Crippen molar-refractivity contribution in [1.29, 1.82) is 0 Å². The zero-order valence-electron chi connectivity index (χ0n) is 8.41. The molecule has 1 saturated carbocycles. The summed E-state index contributed by atoms with van der Waals surface area (Å²) in [5.41, 5.74) is 0. The second-order valence-corrected chi connectivity index (χ2v) is 4.99. The van der Waals surface area contributed by atoms with Gasteiger partial charge in [-0.1, -0.05) is 18.6 Å². The van der Waals surface area contributed by atoms with E-state index < -0.39 is 0 Å². The molecule has 0 spiro atoms. The van der Waals surface area contributed by atoms with E-state index in [9.17, 15) is 9.18 Å². The van der Waals surface area contributed by atoms with E-state index in [0.29, 0.717) is 11.3 Å². The molecule has 0 saturated heterocycles. The van der Waals surface area contributed by atoms with Gasteiger partial charge < -0.3 is 0 Å². The molecule has 0 aromatic heterocycles. The van der Waals surface area contributed by atoms with E-state index in [1.165, 1.54) is 17.8 Å². The Morgan fingerprint density at radius 3 is 2.80 bits per heavy atom. The zero-order chi connectivity index (χ0) is 10.7. The number of carbonyl (C=O) groups is 1. The van der Waals surface area contributed by atoms with Gasteiger partial charge in [0.05, 0.1) is 5.25 Å². The lowest BCUT2D eigenvalue weighted by atomic mass is 9.99. The summed E-state index contributed by atoms with van der Waals surface area (Å²) >= 11 is 1.37. The van der Waals surface area contributed by atoms with Crippen molar-refractivity contribution in [1.82, 2.24) is 0 Å². The van der Waals surface area contributed by atoms with Crippen LogP contribution in [0.3, 0.4) is 0 Å². The van der Waals surface area contributed by atoms with Crippen molar-refractivity contribution < 1.29 is 9.18 Å². The van der Waals surface area contributed by atoms with Crippen molar-refractivity contribution >= 4 is 17.5 Å². The quantitative estimate of drug-likeness (QED) is 0.765. The Bertz CT molecular complexity index is 364. The predicted molar refractivity (Wildman–Crippen MR) is 59.5 cm³/mol. The number of ketones is 1. The first-order valence-corrected chi connectivity index (χ1v) is 6.09. The second kappa shape index (κ2) is 4.79. The Hall–Kier alpha value is -0.830. The van der Waals surface area contributed by atoms with Gasteiger partial charge in [-0.05, 0) is 25.0 Å². The standard InChI is InChI=1S/C12H13FOS/c13-9-5-1-3-7-11(9)15-12-8-4-2-6-10(12)14/h1,3,5,7,12H,2,4,6,8H2. The van der Waals surface area contributed by atoms with Gasteiger partial charge in [0, 0.05) is 11.3 Å².